The van der Waals surface area contributed by atoms with E-state index in [2.05, 4.69) is 10.3 Å². The molecule has 3 nitrogen and oxygen atoms in total. The average molecular weight is 214 g/mol. The van der Waals surface area contributed by atoms with Crippen LogP contribution in [0.4, 0.5) is 8.78 Å². The number of carbonyl (C=O) groups is 1. The monoisotopic (exact) mass is 214 g/mol. The molecule has 1 saturated carbocycles. The van der Waals surface area contributed by atoms with E-state index in [1.54, 1.807) is 19.3 Å². The maximum Gasteiger partial charge on any atom is 0.253 e. The molecule has 0 unspecified atom stereocenters. The predicted octanol–water partition coefficient (Wildman–Crippen LogP) is 1.85. The van der Waals surface area contributed by atoms with Crippen molar-refractivity contribution in [3.63, 3.8) is 0 Å². The summed E-state index contributed by atoms with van der Waals surface area (Å²) in [4.78, 5) is 14.4. The highest BCUT2D eigenvalue weighted by molar-refractivity contribution is 5.95. The second-order valence-corrected chi connectivity index (χ2v) is 3.99. The van der Waals surface area contributed by atoms with E-state index in [1.165, 1.54) is 0 Å². The molecule has 1 aromatic heterocycles. The van der Waals surface area contributed by atoms with E-state index in [0.717, 1.165) is 5.56 Å². The smallest absolute Gasteiger partial charge is 0.253 e. The van der Waals surface area contributed by atoms with Gasteiger partial charge in [-0.2, -0.15) is 0 Å². The first kappa shape index (κ1) is 10.1. The Hall–Kier alpha value is -1.39. The Kier molecular flexibility index (Phi) is 2.25. The molecule has 1 aromatic rings. The molecule has 15 heavy (non-hydrogen) atoms. The molecule has 1 aliphatic rings. The van der Waals surface area contributed by atoms with E-state index in [9.17, 15) is 13.6 Å². The molecule has 82 valence electrons. The number of halogens is 2. The Morgan fingerprint density at radius 2 is 2.20 bits per heavy atom. The molecule has 5 heteroatoms. The maximum atomic E-state index is 12.5. The van der Waals surface area contributed by atoms with Gasteiger partial charge in [0.1, 0.15) is 0 Å². The summed E-state index contributed by atoms with van der Waals surface area (Å²) >= 11 is 0. The Morgan fingerprint density at radius 1 is 1.53 bits per heavy atom. The number of aromatic nitrogens is 1. The number of nitrogens with one attached hydrogen (secondary N) is 2. The lowest BCUT2D eigenvalue weighted by molar-refractivity contribution is -0.0901. The van der Waals surface area contributed by atoms with Crippen LogP contribution < -0.4 is 5.32 Å². The van der Waals surface area contributed by atoms with Gasteiger partial charge in [0, 0.05) is 31.3 Å². The lowest BCUT2D eigenvalue weighted by Gasteiger charge is -2.35. The quantitative estimate of drug-likeness (QED) is 0.775. The fraction of sp³-hybridized carbons (Fsp3) is 0.500. The molecule has 1 aliphatic carbocycles. The lowest BCUT2D eigenvalue weighted by Crippen LogP contribution is -2.50. The number of carbonyl (C=O) groups excluding carboxylic acids is 1. The summed E-state index contributed by atoms with van der Waals surface area (Å²) in [5, 5.41) is 2.58. The van der Waals surface area contributed by atoms with Crippen LogP contribution in [0.25, 0.3) is 0 Å². The number of H-pyrrole nitrogens is 1. The summed E-state index contributed by atoms with van der Waals surface area (Å²) in [7, 11) is 0. The SMILES string of the molecule is Cc1c[nH]cc1C(=O)NC1CC(F)(F)C1. The third-order valence-electron chi connectivity index (χ3n) is 2.62. The third kappa shape index (κ3) is 2.00. The number of amides is 1. The van der Waals surface area contributed by atoms with E-state index in [1.807, 2.05) is 0 Å². The summed E-state index contributed by atoms with van der Waals surface area (Å²) in [6.45, 7) is 1.79. The summed E-state index contributed by atoms with van der Waals surface area (Å²) in [5.74, 6) is -2.88. The molecule has 0 spiro atoms. The van der Waals surface area contributed by atoms with Crippen molar-refractivity contribution in [2.75, 3.05) is 0 Å². The molecular formula is C10H12F2N2O. The predicted molar refractivity (Wildman–Crippen MR) is 51.0 cm³/mol. The number of hydrogen-bond donors (Lipinski definition) is 2. The van der Waals surface area contributed by atoms with Gasteiger partial charge in [-0.3, -0.25) is 4.79 Å². The Bertz CT molecular complexity index is 379. The van der Waals surface area contributed by atoms with Gasteiger partial charge in [0.2, 0.25) is 0 Å². The van der Waals surface area contributed by atoms with Gasteiger partial charge in [-0.15, -0.1) is 0 Å². The number of aromatic amines is 1. The molecule has 1 heterocycles. The molecule has 0 aliphatic heterocycles. The van der Waals surface area contributed by atoms with Crippen LogP contribution in [0.2, 0.25) is 0 Å². The van der Waals surface area contributed by atoms with Gasteiger partial charge in [0.05, 0.1) is 5.56 Å². The fourth-order valence-electron chi connectivity index (χ4n) is 1.71. The van der Waals surface area contributed by atoms with Crippen LogP contribution in [0.5, 0.6) is 0 Å². The zero-order valence-corrected chi connectivity index (χ0v) is 8.31. The molecule has 0 saturated heterocycles. The van der Waals surface area contributed by atoms with Crippen molar-refractivity contribution in [3.05, 3.63) is 23.5 Å². The fourth-order valence-corrected chi connectivity index (χ4v) is 1.71. The minimum atomic E-state index is -2.59. The van der Waals surface area contributed by atoms with Crippen LogP contribution in [0.3, 0.4) is 0 Å². The minimum Gasteiger partial charge on any atom is -0.367 e. The molecule has 1 fully saturated rings. The van der Waals surface area contributed by atoms with Gasteiger partial charge in [0.25, 0.3) is 11.8 Å². The topological polar surface area (TPSA) is 44.9 Å². The Morgan fingerprint density at radius 3 is 2.67 bits per heavy atom. The number of aryl methyl sites for hydroxylation is 1. The van der Waals surface area contributed by atoms with Crippen LogP contribution in [-0.4, -0.2) is 22.9 Å². The summed E-state index contributed by atoms with van der Waals surface area (Å²) < 4.78 is 25.0. The maximum absolute atomic E-state index is 12.5. The molecule has 0 bridgehead atoms. The van der Waals surface area contributed by atoms with Crippen molar-refractivity contribution in [2.24, 2.45) is 0 Å². The van der Waals surface area contributed by atoms with Crippen LogP contribution in [-0.2, 0) is 0 Å². The summed E-state index contributed by atoms with van der Waals surface area (Å²) in [6.07, 6.45) is 2.77. The van der Waals surface area contributed by atoms with Gasteiger partial charge in [0.15, 0.2) is 0 Å². The number of rotatable bonds is 2. The first-order valence-electron chi connectivity index (χ1n) is 4.80. The van der Waals surface area contributed by atoms with Gasteiger partial charge in [-0.25, -0.2) is 8.78 Å². The number of hydrogen-bond acceptors (Lipinski definition) is 1. The van der Waals surface area contributed by atoms with E-state index < -0.39 is 5.92 Å². The first-order chi connectivity index (χ1) is 6.98. The normalized spacial score (nSPS) is 19.7. The zero-order valence-electron chi connectivity index (χ0n) is 8.31. The zero-order chi connectivity index (χ0) is 11.1. The van der Waals surface area contributed by atoms with Crippen LogP contribution in [0, 0.1) is 6.92 Å². The third-order valence-corrected chi connectivity index (χ3v) is 2.62. The van der Waals surface area contributed by atoms with Crippen LogP contribution in [0.1, 0.15) is 28.8 Å². The van der Waals surface area contributed by atoms with E-state index in [0.29, 0.717) is 5.56 Å². The van der Waals surface area contributed by atoms with Crippen molar-refractivity contribution < 1.29 is 13.6 Å². The van der Waals surface area contributed by atoms with E-state index in [4.69, 9.17) is 0 Å². The number of alkyl halides is 2. The largest absolute Gasteiger partial charge is 0.367 e. The summed E-state index contributed by atoms with van der Waals surface area (Å²) in [6, 6.07) is -0.387. The highest BCUT2D eigenvalue weighted by Crippen LogP contribution is 2.37. The molecule has 2 rings (SSSR count). The molecule has 0 atom stereocenters. The van der Waals surface area contributed by atoms with Crippen molar-refractivity contribution in [1.29, 1.82) is 0 Å². The molecule has 1 amide bonds. The standard InChI is InChI=1S/C10H12F2N2O/c1-6-4-13-5-8(6)9(15)14-7-2-10(11,12)3-7/h4-5,7,13H,2-3H2,1H3,(H,14,15). The van der Waals surface area contributed by atoms with Gasteiger partial charge in [-0.1, -0.05) is 0 Å². The van der Waals surface area contributed by atoms with Crippen molar-refractivity contribution in [1.82, 2.24) is 10.3 Å². The van der Waals surface area contributed by atoms with Gasteiger partial charge >= 0.3 is 0 Å². The van der Waals surface area contributed by atoms with E-state index in [-0.39, 0.29) is 24.8 Å². The van der Waals surface area contributed by atoms with E-state index >= 15 is 0 Å². The van der Waals surface area contributed by atoms with Gasteiger partial charge < -0.3 is 10.3 Å². The second-order valence-electron chi connectivity index (χ2n) is 3.99. The summed E-state index contributed by atoms with van der Waals surface area (Å²) in [5.41, 5.74) is 1.34. The van der Waals surface area contributed by atoms with Gasteiger partial charge in [-0.05, 0) is 12.5 Å². The average Bonchev–Trinajstić information content (AvgIpc) is 2.47. The molecule has 2 N–H and O–H groups in total. The highest BCUT2D eigenvalue weighted by Gasteiger charge is 2.45. The van der Waals surface area contributed by atoms with Crippen LogP contribution in [0.15, 0.2) is 12.4 Å². The molecule has 0 radical (unpaired) electrons. The van der Waals surface area contributed by atoms with Crippen molar-refractivity contribution in [3.8, 4) is 0 Å². The van der Waals surface area contributed by atoms with Crippen molar-refractivity contribution in [2.45, 2.75) is 31.7 Å². The Balaban J connectivity index is 1.92. The molecular weight excluding hydrogens is 202 g/mol. The Labute approximate surface area is 85.9 Å². The van der Waals surface area contributed by atoms with Crippen LogP contribution >= 0.6 is 0 Å². The lowest BCUT2D eigenvalue weighted by atomic mass is 9.88. The minimum absolute atomic E-state index is 0.248. The molecule has 0 aromatic carbocycles. The second kappa shape index (κ2) is 3.32. The highest BCUT2D eigenvalue weighted by atomic mass is 19.3. The first-order valence-corrected chi connectivity index (χ1v) is 4.80. The van der Waals surface area contributed by atoms with Crippen molar-refractivity contribution >= 4 is 5.91 Å².